The molecule has 1 aliphatic heterocycles. The second kappa shape index (κ2) is 9.72. The molecule has 3 aromatic rings. The molecule has 1 aliphatic carbocycles. The first kappa shape index (κ1) is 22.2. The number of hydrogen-bond acceptors (Lipinski definition) is 6. The zero-order valence-corrected chi connectivity index (χ0v) is 19.3. The highest BCUT2D eigenvalue weighted by Crippen LogP contribution is 2.38. The third kappa shape index (κ3) is 5.01. The van der Waals surface area contributed by atoms with E-state index in [0.717, 1.165) is 55.7 Å². The molecule has 5 rings (SSSR count). The summed E-state index contributed by atoms with van der Waals surface area (Å²) in [6.07, 6.45) is 4.30. The van der Waals surface area contributed by atoms with Gasteiger partial charge in [0.2, 0.25) is 10.9 Å². The minimum atomic E-state index is -2.58. The highest BCUT2D eigenvalue weighted by atomic mass is 32.2. The lowest BCUT2D eigenvalue weighted by Gasteiger charge is -2.31. The molecule has 2 aliphatic rings. The molecular weight excluding hydrogens is 438 g/mol. The van der Waals surface area contributed by atoms with E-state index in [-0.39, 0.29) is 6.04 Å². The van der Waals surface area contributed by atoms with E-state index in [9.17, 15) is 13.5 Å². The van der Waals surface area contributed by atoms with E-state index in [1.54, 1.807) is 0 Å². The number of aliphatic hydroxyl groups excluding tert-OH is 1. The molecule has 1 saturated heterocycles. The highest BCUT2D eigenvalue weighted by molar-refractivity contribution is 7.70. The standard InChI is InChI=1S/C24H29N5O3S/c30-24-22-7-2-1-5-20(22)13-23(24)29-16-21(26-27-29)15-28-10-8-18(9-11-28)19-6-3-4-17(12-19)14-25-33(31)32/h1-7,12,16,18,23-24,30,33H,8-11,13-15H2,(H,25,31,32)/t23-,24+/m1/s1. The number of fused-ring (bicyclic) bond motifs is 1. The van der Waals surface area contributed by atoms with Crippen molar-refractivity contribution in [1.29, 1.82) is 0 Å². The molecule has 1 aromatic heterocycles. The lowest BCUT2D eigenvalue weighted by Crippen LogP contribution is -2.32. The van der Waals surface area contributed by atoms with Gasteiger partial charge < -0.3 is 5.11 Å². The van der Waals surface area contributed by atoms with Crippen LogP contribution >= 0.6 is 0 Å². The van der Waals surface area contributed by atoms with Gasteiger partial charge in [0.1, 0.15) is 6.10 Å². The highest BCUT2D eigenvalue weighted by Gasteiger charge is 2.33. The number of aromatic nitrogens is 3. The average Bonchev–Trinajstić information content (AvgIpc) is 3.43. The first-order valence-electron chi connectivity index (χ1n) is 11.4. The Morgan fingerprint density at radius 2 is 1.91 bits per heavy atom. The summed E-state index contributed by atoms with van der Waals surface area (Å²) in [4.78, 5) is 2.40. The van der Waals surface area contributed by atoms with Gasteiger partial charge in [0, 0.05) is 13.1 Å². The monoisotopic (exact) mass is 467 g/mol. The fraction of sp³-hybridized carbons (Fsp3) is 0.417. The van der Waals surface area contributed by atoms with Crippen LogP contribution in [0.3, 0.4) is 0 Å². The van der Waals surface area contributed by atoms with Gasteiger partial charge in [0.05, 0.1) is 17.9 Å². The van der Waals surface area contributed by atoms with Crippen LogP contribution in [0, 0.1) is 0 Å². The van der Waals surface area contributed by atoms with Gasteiger partial charge in [-0.05, 0) is 60.5 Å². The molecule has 2 heterocycles. The van der Waals surface area contributed by atoms with Crippen LogP contribution in [-0.2, 0) is 30.4 Å². The molecular formula is C24H29N5O3S. The maximum atomic E-state index is 10.8. The molecule has 0 bridgehead atoms. The number of piperidine rings is 1. The van der Waals surface area contributed by atoms with Crippen LogP contribution in [0.25, 0.3) is 0 Å². The second-order valence-corrected chi connectivity index (χ2v) is 9.82. The molecule has 33 heavy (non-hydrogen) atoms. The van der Waals surface area contributed by atoms with Crippen molar-refractivity contribution in [1.82, 2.24) is 24.6 Å². The molecule has 0 radical (unpaired) electrons. The van der Waals surface area contributed by atoms with Gasteiger partial charge in [-0.1, -0.05) is 53.7 Å². The number of rotatable bonds is 7. The van der Waals surface area contributed by atoms with Crippen LogP contribution in [0.15, 0.2) is 54.7 Å². The summed E-state index contributed by atoms with van der Waals surface area (Å²) >= 11 is 0. The van der Waals surface area contributed by atoms with Gasteiger partial charge in [-0.25, -0.2) is 17.8 Å². The third-order valence-electron chi connectivity index (χ3n) is 6.87. The Bertz CT molecular complexity index is 1180. The molecule has 1 fully saturated rings. The summed E-state index contributed by atoms with van der Waals surface area (Å²) in [5.41, 5.74) is 5.35. The van der Waals surface area contributed by atoms with Gasteiger partial charge in [0.15, 0.2) is 0 Å². The van der Waals surface area contributed by atoms with Crippen LogP contribution in [0.5, 0.6) is 0 Å². The number of thiol groups is 1. The Kier molecular flexibility index (Phi) is 6.55. The van der Waals surface area contributed by atoms with Crippen LogP contribution in [0.4, 0.5) is 0 Å². The summed E-state index contributed by atoms with van der Waals surface area (Å²) in [5.74, 6) is 0.477. The van der Waals surface area contributed by atoms with Crippen LogP contribution < -0.4 is 4.72 Å². The molecule has 0 spiro atoms. The van der Waals surface area contributed by atoms with Gasteiger partial charge in [-0.2, -0.15) is 0 Å². The molecule has 8 nitrogen and oxygen atoms in total. The van der Waals surface area contributed by atoms with Gasteiger partial charge in [0.25, 0.3) is 0 Å². The number of likely N-dealkylation sites (tertiary alicyclic amines) is 1. The predicted molar refractivity (Wildman–Crippen MR) is 125 cm³/mol. The summed E-state index contributed by atoms with van der Waals surface area (Å²) in [5, 5.41) is 19.4. The van der Waals surface area contributed by atoms with E-state index in [1.165, 1.54) is 11.1 Å². The number of benzene rings is 2. The number of aliphatic hydroxyl groups is 1. The SMILES string of the molecule is O=[SH](=O)NCc1cccc(C2CCN(Cc3cn([C@@H]4Cc5ccccc5[C@@H]4O)nn3)CC2)c1. The second-order valence-electron chi connectivity index (χ2n) is 8.99. The van der Waals surface area contributed by atoms with E-state index in [2.05, 4.69) is 38.1 Å². The lowest BCUT2D eigenvalue weighted by molar-refractivity contribution is 0.120. The summed E-state index contributed by atoms with van der Waals surface area (Å²) in [6.45, 7) is 3.04. The molecule has 2 N–H and O–H groups in total. The molecule has 2 atom stereocenters. The Balaban J connectivity index is 1.16. The van der Waals surface area contributed by atoms with E-state index in [1.807, 2.05) is 41.2 Å². The van der Waals surface area contributed by atoms with Crippen molar-refractivity contribution in [3.63, 3.8) is 0 Å². The predicted octanol–water partition coefficient (Wildman–Crippen LogP) is 2.10. The van der Waals surface area contributed by atoms with E-state index in [0.29, 0.717) is 12.5 Å². The number of hydrogen-bond donors (Lipinski definition) is 3. The van der Waals surface area contributed by atoms with Crippen LogP contribution in [0.2, 0.25) is 0 Å². The minimum absolute atomic E-state index is 0.101. The van der Waals surface area contributed by atoms with Crippen molar-refractivity contribution in [3.05, 3.63) is 82.7 Å². The van der Waals surface area contributed by atoms with Crippen molar-refractivity contribution in [2.45, 2.75) is 50.4 Å². The first-order valence-corrected chi connectivity index (χ1v) is 12.6. The zero-order valence-electron chi connectivity index (χ0n) is 18.4. The topological polar surface area (TPSA) is 100 Å². The average molecular weight is 468 g/mol. The molecule has 0 unspecified atom stereocenters. The smallest absolute Gasteiger partial charge is 0.201 e. The van der Waals surface area contributed by atoms with Crippen molar-refractivity contribution in [2.75, 3.05) is 13.1 Å². The molecule has 9 heteroatoms. The third-order valence-corrected chi connectivity index (χ3v) is 7.29. The summed E-state index contributed by atoms with van der Waals surface area (Å²) in [7, 11) is -2.58. The largest absolute Gasteiger partial charge is 0.386 e. The Labute approximate surface area is 195 Å². The molecule has 0 saturated carbocycles. The summed E-state index contributed by atoms with van der Waals surface area (Å²) < 4.78 is 25.9. The fourth-order valence-electron chi connectivity index (χ4n) is 5.11. The van der Waals surface area contributed by atoms with Gasteiger partial charge in [-0.15, -0.1) is 5.10 Å². The number of nitrogens with zero attached hydrogens (tertiary/aromatic N) is 4. The quantitative estimate of drug-likeness (QED) is 0.460. The molecule has 2 aromatic carbocycles. The molecule has 0 amide bonds. The van der Waals surface area contributed by atoms with E-state index >= 15 is 0 Å². The summed E-state index contributed by atoms with van der Waals surface area (Å²) in [6, 6.07) is 16.1. The fourth-order valence-corrected chi connectivity index (χ4v) is 5.42. The van der Waals surface area contributed by atoms with Crippen LogP contribution in [0.1, 0.15) is 58.9 Å². The maximum Gasteiger partial charge on any atom is 0.201 e. The minimum Gasteiger partial charge on any atom is -0.386 e. The van der Waals surface area contributed by atoms with Crippen LogP contribution in [-0.4, -0.2) is 46.5 Å². The van der Waals surface area contributed by atoms with E-state index in [4.69, 9.17) is 0 Å². The number of nitrogens with one attached hydrogen (secondary N) is 1. The van der Waals surface area contributed by atoms with Crippen molar-refractivity contribution in [3.8, 4) is 0 Å². The van der Waals surface area contributed by atoms with E-state index < -0.39 is 17.0 Å². The molecule has 174 valence electrons. The van der Waals surface area contributed by atoms with Gasteiger partial charge >= 0.3 is 0 Å². The van der Waals surface area contributed by atoms with Crippen molar-refractivity contribution < 1.29 is 13.5 Å². The Morgan fingerprint density at radius 3 is 2.70 bits per heavy atom. The lowest BCUT2D eigenvalue weighted by atomic mass is 9.88. The Hall–Kier alpha value is -2.59. The maximum absolute atomic E-state index is 10.8. The first-order chi connectivity index (χ1) is 16.1. The Morgan fingerprint density at radius 1 is 1.09 bits per heavy atom. The van der Waals surface area contributed by atoms with Gasteiger partial charge in [-0.3, -0.25) is 4.90 Å². The normalized spacial score (nSPS) is 21.5. The van der Waals surface area contributed by atoms with Crippen molar-refractivity contribution in [2.24, 2.45) is 0 Å². The van der Waals surface area contributed by atoms with Crippen molar-refractivity contribution >= 4 is 10.9 Å². The zero-order chi connectivity index (χ0) is 22.8.